The number of piperidine rings is 1. The summed E-state index contributed by atoms with van der Waals surface area (Å²) in [6, 6.07) is 8.45. The van der Waals surface area contributed by atoms with Gasteiger partial charge in [0.2, 0.25) is 5.91 Å². The fourth-order valence-electron chi connectivity index (χ4n) is 5.80. The molecule has 0 spiro atoms. The highest BCUT2D eigenvalue weighted by molar-refractivity contribution is 8.14. The number of primary amides is 1. The zero-order valence-corrected chi connectivity index (χ0v) is 21.2. The lowest BCUT2D eigenvalue weighted by atomic mass is 9.81. The summed E-state index contributed by atoms with van der Waals surface area (Å²) in [7, 11) is 0. The maximum Gasteiger partial charge on any atom is 0.252 e. The summed E-state index contributed by atoms with van der Waals surface area (Å²) in [4.78, 5) is 35.1. The first-order valence-electron chi connectivity index (χ1n) is 13.0. The minimum absolute atomic E-state index is 0.111. The van der Waals surface area contributed by atoms with E-state index in [1.807, 2.05) is 36.0 Å². The third-order valence-corrected chi connectivity index (χ3v) is 9.13. The number of aliphatic imine (C=N–C) groups is 1. The Hall–Kier alpha value is -2.10. The Bertz CT molecular complexity index is 933. The molecule has 2 amide bonds. The number of likely N-dealkylation sites (tertiary alicyclic amines) is 1. The lowest BCUT2D eigenvalue weighted by molar-refractivity contribution is -0.125. The van der Waals surface area contributed by atoms with Gasteiger partial charge >= 0.3 is 0 Å². The molecule has 0 aromatic heterocycles. The summed E-state index contributed by atoms with van der Waals surface area (Å²) < 4.78 is 5.50. The van der Waals surface area contributed by atoms with Gasteiger partial charge in [-0.25, -0.2) is 0 Å². The fraction of sp³-hybridized carbons (Fsp3) is 0.654. The topological polar surface area (TPSA) is 100 Å². The van der Waals surface area contributed by atoms with Crippen LogP contribution in [0.2, 0.25) is 0 Å². The average molecular weight is 500 g/mol. The van der Waals surface area contributed by atoms with E-state index in [2.05, 4.69) is 15.1 Å². The van der Waals surface area contributed by atoms with Crippen molar-refractivity contribution in [1.29, 1.82) is 0 Å². The molecule has 3 fully saturated rings. The van der Waals surface area contributed by atoms with Gasteiger partial charge in [-0.2, -0.15) is 0 Å². The predicted molar refractivity (Wildman–Crippen MR) is 139 cm³/mol. The zero-order valence-electron chi connectivity index (χ0n) is 20.4. The van der Waals surface area contributed by atoms with Crippen LogP contribution in [0, 0.1) is 0 Å². The number of ether oxygens (including phenoxy) is 1. The number of benzene rings is 1. The molecule has 1 aliphatic carbocycles. The van der Waals surface area contributed by atoms with Crippen LogP contribution in [-0.2, 0) is 9.53 Å². The number of nitrogens with two attached hydrogens (primary N) is 1. The molecule has 190 valence electrons. The van der Waals surface area contributed by atoms with Gasteiger partial charge in [-0.3, -0.25) is 19.5 Å². The Kier molecular flexibility index (Phi) is 7.65. The van der Waals surface area contributed by atoms with Crippen LogP contribution in [-0.4, -0.2) is 83.5 Å². The number of amides is 2. The molecule has 3 N–H and O–H groups in total. The van der Waals surface area contributed by atoms with E-state index in [4.69, 9.17) is 15.5 Å². The molecule has 1 atom stereocenters. The Balaban J connectivity index is 1.17. The van der Waals surface area contributed by atoms with Gasteiger partial charge in [0.15, 0.2) is 5.17 Å². The quantitative estimate of drug-likeness (QED) is 0.646. The fourth-order valence-corrected chi connectivity index (χ4v) is 6.95. The molecule has 3 aliphatic heterocycles. The summed E-state index contributed by atoms with van der Waals surface area (Å²) in [5.41, 5.74) is 6.44. The second kappa shape index (κ2) is 10.9. The first kappa shape index (κ1) is 24.6. The van der Waals surface area contributed by atoms with Crippen molar-refractivity contribution in [2.45, 2.75) is 62.6 Å². The largest absolute Gasteiger partial charge is 0.379 e. The van der Waals surface area contributed by atoms with Crippen LogP contribution >= 0.6 is 11.8 Å². The Morgan fingerprint density at radius 3 is 2.37 bits per heavy atom. The van der Waals surface area contributed by atoms with Crippen molar-refractivity contribution in [3.8, 4) is 0 Å². The summed E-state index contributed by atoms with van der Waals surface area (Å²) in [6.45, 7) is 5.94. The molecule has 0 radical (unpaired) electrons. The minimum Gasteiger partial charge on any atom is -0.379 e. The maximum absolute atomic E-state index is 12.9. The lowest BCUT2D eigenvalue weighted by Crippen LogP contribution is -2.58. The van der Waals surface area contributed by atoms with Crippen LogP contribution in [0.1, 0.15) is 66.9 Å². The first-order valence-corrected chi connectivity index (χ1v) is 14.0. The van der Waals surface area contributed by atoms with Gasteiger partial charge in [0, 0.05) is 43.5 Å². The third-order valence-electron chi connectivity index (χ3n) is 8.02. The van der Waals surface area contributed by atoms with E-state index in [1.54, 1.807) is 0 Å². The molecule has 1 unspecified atom stereocenters. The number of amidine groups is 1. The first-order chi connectivity index (χ1) is 17.0. The number of hydrogen-bond donors (Lipinski definition) is 2. The summed E-state index contributed by atoms with van der Waals surface area (Å²) in [5, 5.41) is 4.10. The zero-order chi connectivity index (χ0) is 24.3. The Morgan fingerprint density at radius 2 is 1.71 bits per heavy atom. The van der Waals surface area contributed by atoms with Crippen LogP contribution in [0.3, 0.4) is 0 Å². The van der Waals surface area contributed by atoms with E-state index in [0.717, 1.165) is 75.1 Å². The molecule has 1 aromatic rings. The second-order valence-corrected chi connectivity index (χ2v) is 11.2. The molecule has 9 heteroatoms. The minimum atomic E-state index is -0.912. The lowest BCUT2D eigenvalue weighted by Gasteiger charge is -2.40. The number of hydrogen-bond acceptors (Lipinski definition) is 7. The van der Waals surface area contributed by atoms with Crippen molar-refractivity contribution in [2.24, 2.45) is 10.7 Å². The Morgan fingerprint density at radius 1 is 1.03 bits per heavy atom. The van der Waals surface area contributed by atoms with Gasteiger partial charge in [0.1, 0.15) is 5.54 Å². The molecule has 1 saturated carbocycles. The van der Waals surface area contributed by atoms with Crippen LogP contribution in [0.4, 0.5) is 0 Å². The highest BCUT2D eigenvalue weighted by Crippen LogP contribution is 2.33. The van der Waals surface area contributed by atoms with Crippen LogP contribution in [0.25, 0.3) is 0 Å². The van der Waals surface area contributed by atoms with Gasteiger partial charge in [-0.1, -0.05) is 43.2 Å². The van der Waals surface area contributed by atoms with E-state index in [9.17, 15) is 9.59 Å². The number of nitrogens with one attached hydrogen (secondary N) is 1. The number of rotatable bonds is 5. The SMILES string of the molecule is NC(=O)C1(NC(=O)c2ccc(C3CSC(N4CCC(N5CCOCC5)CC4)=N3)cc2)CCCCC1. The van der Waals surface area contributed by atoms with E-state index in [0.29, 0.717) is 24.4 Å². The molecule has 35 heavy (non-hydrogen) atoms. The van der Waals surface area contributed by atoms with Gasteiger partial charge in [0.05, 0.1) is 19.3 Å². The van der Waals surface area contributed by atoms with Gasteiger partial charge in [0.25, 0.3) is 5.91 Å². The predicted octanol–water partition coefficient (Wildman–Crippen LogP) is 2.55. The summed E-state index contributed by atoms with van der Waals surface area (Å²) in [6.07, 6.45) is 6.49. The Labute approximate surface area is 212 Å². The maximum atomic E-state index is 12.9. The third kappa shape index (κ3) is 5.52. The molecule has 5 rings (SSSR count). The number of carbonyl (C=O) groups is 2. The normalized spacial score (nSPS) is 25.8. The molecule has 8 nitrogen and oxygen atoms in total. The molecular weight excluding hydrogens is 462 g/mol. The van der Waals surface area contributed by atoms with E-state index in [1.165, 1.54) is 12.8 Å². The number of morpholine rings is 1. The smallest absolute Gasteiger partial charge is 0.252 e. The van der Waals surface area contributed by atoms with Crippen molar-refractivity contribution in [3.63, 3.8) is 0 Å². The highest BCUT2D eigenvalue weighted by Gasteiger charge is 2.39. The van der Waals surface area contributed by atoms with Crippen LogP contribution in [0.5, 0.6) is 0 Å². The van der Waals surface area contributed by atoms with Crippen LogP contribution < -0.4 is 11.1 Å². The monoisotopic (exact) mass is 499 g/mol. The van der Waals surface area contributed by atoms with E-state index < -0.39 is 11.4 Å². The number of nitrogens with zero attached hydrogens (tertiary/aromatic N) is 3. The van der Waals surface area contributed by atoms with E-state index in [-0.39, 0.29) is 11.9 Å². The molecule has 0 bridgehead atoms. The summed E-state index contributed by atoms with van der Waals surface area (Å²) in [5.74, 6) is 0.265. The molecule has 3 heterocycles. The molecule has 4 aliphatic rings. The van der Waals surface area contributed by atoms with Crippen molar-refractivity contribution < 1.29 is 14.3 Å². The number of carbonyl (C=O) groups excluding carboxylic acids is 2. The molecular formula is C26H37N5O3S. The summed E-state index contributed by atoms with van der Waals surface area (Å²) >= 11 is 1.84. The van der Waals surface area contributed by atoms with Gasteiger partial charge in [-0.05, 0) is 43.4 Å². The second-order valence-electron chi connectivity index (χ2n) is 10.2. The van der Waals surface area contributed by atoms with Crippen molar-refractivity contribution in [2.75, 3.05) is 45.1 Å². The van der Waals surface area contributed by atoms with Gasteiger partial charge < -0.3 is 20.7 Å². The van der Waals surface area contributed by atoms with Gasteiger partial charge in [-0.15, -0.1) is 0 Å². The van der Waals surface area contributed by atoms with Crippen molar-refractivity contribution in [1.82, 2.24) is 15.1 Å². The molecule has 2 saturated heterocycles. The van der Waals surface area contributed by atoms with Crippen molar-refractivity contribution in [3.05, 3.63) is 35.4 Å². The highest BCUT2D eigenvalue weighted by atomic mass is 32.2. The van der Waals surface area contributed by atoms with Crippen molar-refractivity contribution >= 4 is 28.7 Å². The molecule has 1 aromatic carbocycles. The number of thioether (sulfide) groups is 1. The van der Waals surface area contributed by atoms with E-state index >= 15 is 0 Å². The average Bonchev–Trinajstić information content (AvgIpc) is 3.40. The standard InChI is InChI=1S/C26H37N5O3S/c27-24(33)26(10-2-1-3-11-26)29-23(32)20-6-4-19(5-7-20)22-18-35-25(28-22)31-12-8-21(9-13-31)30-14-16-34-17-15-30/h4-7,21-22H,1-3,8-18H2,(H2,27,33)(H,29,32). The van der Waals surface area contributed by atoms with Crippen LogP contribution in [0.15, 0.2) is 29.3 Å².